The monoisotopic (exact) mass is 403 g/mol. The van der Waals surface area contributed by atoms with E-state index in [2.05, 4.69) is 20.5 Å². The molecule has 1 aromatic heterocycles. The second-order valence-electron chi connectivity index (χ2n) is 7.14. The fourth-order valence-electron chi connectivity index (χ4n) is 3.40. The van der Waals surface area contributed by atoms with Crippen LogP contribution < -0.4 is 10.6 Å². The van der Waals surface area contributed by atoms with E-state index in [1.54, 1.807) is 13.1 Å². The van der Waals surface area contributed by atoms with Gasteiger partial charge < -0.3 is 15.4 Å². The number of hydrogen-bond acceptors (Lipinski definition) is 6. The Kier molecular flexibility index (Phi) is 6.32. The third kappa shape index (κ3) is 4.82. The first kappa shape index (κ1) is 20.0. The van der Waals surface area contributed by atoms with Crippen molar-refractivity contribution in [3.8, 4) is 0 Å². The number of nitrogens with zero attached hydrogens (tertiary/aromatic N) is 3. The summed E-state index contributed by atoms with van der Waals surface area (Å²) in [6.07, 6.45) is 9.40. The van der Waals surface area contributed by atoms with Gasteiger partial charge in [0.2, 0.25) is 0 Å². The van der Waals surface area contributed by atoms with Crippen molar-refractivity contribution < 1.29 is 9.53 Å². The van der Waals surface area contributed by atoms with Gasteiger partial charge in [0.25, 0.3) is 5.91 Å². The van der Waals surface area contributed by atoms with Gasteiger partial charge in [-0.15, -0.1) is 0 Å². The van der Waals surface area contributed by atoms with Crippen molar-refractivity contribution in [2.24, 2.45) is 4.99 Å². The molecule has 154 valence electrons. The Balaban J connectivity index is 1.56. The van der Waals surface area contributed by atoms with Crippen LogP contribution in [-0.2, 0) is 9.53 Å². The lowest BCUT2D eigenvalue weighted by Crippen LogP contribution is -2.38. The molecule has 2 aromatic rings. The van der Waals surface area contributed by atoms with E-state index in [0.29, 0.717) is 31.3 Å². The summed E-state index contributed by atoms with van der Waals surface area (Å²) in [5, 5.41) is 8.06. The summed E-state index contributed by atoms with van der Waals surface area (Å²) in [5.74, 6) is 0.267. The molecule has 7 nitrogen and oxygen atoms in total. The topological polar surface area (TPSA) is 78.8 Å². The number of benzene rings is 1. The van der Waals surface area contributed by atoms with Crippen molar-refractivity contribution in [1.82, 2.24) is 15.2 Å². The molecule has 0 atom stereocenters. The van der Waals surface area contributed by atoms with Crippen LogP contribution in [0.2, 0.25) is 0 Å². The molecule has 1 aromatic carbocycles. The first-order valence-corrected chi connectivity index (χ1v) is 10.0. The van der Waals surface area contributed by atoms with Crippen LogP contribution in [0.15, 0.2) is 77.3 Å². The van der Waals surface area contributed by atoms with E-state index in [-0.39, 0.29) is 5.91 Å². The van der Waals surface area contributed by atoms with Crippen molar-refractivity contribution in [3.05, 3.63) is 72.4 Å². The second kappa shape index (κ2) is 9.47. The van der Waals surface area contributed by atoms with E-state index in [1.165, 1.54) is 0 Å². The fraction of sp³-hybridized carbons (Fsp3) is 0.261. The standard InChI is InChI=1S/C23H25N5O2/c1-17(23(29)27-22-19-7-3-2-6-18(19)9-11-25-22)26-21(20-8-4-5-10-24-20)16-28-12-14-30-15-13-28/h2-11,24H,12-16H2,1H3,(H,25,27,29)/b21-20-,26-17?. The molecule has 4 rings (SSSR count). The molecule has 0 bridgehead atoms. The largest absolute Gasteiger partial charge is 0.379 e. The van der Waals surface area contributed by atoms with Crippen LogP contribution in [0.5, 0.6) is 0 Å². The van der Waals surface area contributed by atoms with Gasteiger partial charge in [-0.25, -0.2) is 9.98 Å². The number of allylic oxidation sites excluding steroid dienone is 3. The minimum atomic E-state index is -0.269. The summed E-state index contributed by atoms with van der Waals surface area (Å²) in [7, 11) is 0. The highest BCUT2D eigenvalue weighted by Gasteiger charge is 2.17. The van der Waals surface area contributed by atoms with Gasteiger partial charge in [-0.05, 0) is 30.5 Å². The lowest BCUT2D eigenvalue weighted by Gasteiger charge is -2.27. The zero-order valence-electron chi connectivity index (χ0n) is 17.0. The number of aromatic nitrogens is 1. The maximum absolute atomic E-state index is 12.9. The van der Waals surface area contributed by atoms with E-state index in [4.69, 9.17) is 9.73 Å². The lowest BCUT2D eigenvalue weighted by atomic mass is 10.1. The molecule has 0 saturated carbocycles. The Morgan fingerprint density at radius 1 is 1.23 bits per heavy atom. The highest BCUT2D eigenvalue weighted by Crippen LogP contribution is 2.20. The number of carbonyl (C=O) groups is 1. The van der Waals surface area contributed by atoms with Gasteiger partial charge in [0.05, 0.1) is 24.6 Å². The molecule has 30 heavy (non-hydrogen) atoms. The predicted octanol–water partition coefficient (Wildman–Crippen LogP) is 2.85. The number of ether oxygens (including phenoxy) is 1. The summed E-state index contributed by atoms with van der Waals surface area (Å²) >= 11 is 0. The molecule has 2 aliphatic rings. The second-order valence-corrected chi connectivity index (χ2v) is 7.14. The van der Waals surface area contributed by atoms with E-state index < -0.39 is 0 Å². The van der Waals surface area contributed by atoms with Crippen LogP contribution >= 0.6 is 0 Å². The zero-order valence-corrected chi connectivity index (χ0v) is 17.0. The molecule has 0 radical (unpaired) electrons. The number of rotatable bonds is 5. The smallest absolute Gasteiger partial charge is 0.270 e. The normalized spacial score (nSPS) is 18.9. The van der Waals surface area contributed by atoms with Crippen LogP contribution in [0.4, 0.5) is 5.82 Å². The molecule has 0 unspecified atom stereocenters. The van der Waals surface area contributed by atoms with Gasteiger partial charge in [-0.2, -0.15) is 0 Å². The Morgan fingerprint density at radius 2 is 2.07 bits per heavy atom. The van der Waals surface area contributed by atoms with Gasteiger partial charge in [0, 0.05) is 37.4 Å². The third-order valence-corrected chi connectivity index (χ3v) is 5.03. The van der Waals surface area contributed by atoms with Crippen LogP contribution in [0.3, 0.4) is 0 Å². The third-order valence-electron chi connectivity index (χ3n) is 5.03. The highest BCUT2D eigenvalue weighted by molar-refractivity contribution is 6.42. The summed E-state index contributed by atoms with van der Waals surface area (Å²) < 4.78 is 5.44. The summed E-state index contributed by atoms with van der Waals surface area (Å²) in [6, 6.07) is 9.75. The Labute approximate surface area is 175 Å². The molecule has 3 heterocycles. The molecule has 2 N–H and O–H groups in total. The molecule has 0 aliphatic carbocycles. The number of amides is 1. The Bertz CT molecular complexity index is 1040. The molecule has 7 heteroatoms. The Morgan fingerprint density at radius 3 is 2.87 bits per heavy atom. The maximum atomic E-state index is 12.9. The predicted molar refractivity (Wildman–Crippen MR) is 119 cm³/mol. The molecule has 1 fully saturated rings. The average Bonchev–Trinajstić information content (AvgIpc) is 2.80. The number of dihydropyridines is 1. The van der Waals surface area contributed by atoms with Crippen LogP contribution in [0.25, 0.3) is 10.8 Å². The van der Waals surface area contributed by atoms with Gasteiger partial charge >= 0.3 is 0 Å². The Hall–Kier alpha value is -3.29. The summed E-state index contributed by atoms with van der Waals surface area (Å²) in [6.45, 7) is 5.47. The maximum Gasteiger partial charge on any atom is 0.270 e. The van der Waals surface area contributed by atoms with E-state index in [0.717, 1.165) is 35.3 Å². The molecule has 2 aliphatic heterocycles. The molecule has 1 amide bonds. The molecule has 1 saturated heterocycles. The van der Waals surface area contributed by atoms with Crippen molar-refractivity contribution in [2.75, 3.05) is 38.2 Å². The summed E-state index contributed by atoms with van der Waals surface area (Å²) in [5.41, 5.74) is 2.08. The number of nitrogens with one attached hydrogen (secondary N) is 2. The number of aliphatic imine (C=N–C) groups is 1. The SMILES string of the molecule is CC(=N/C(CN1CCOCC1)=C1/C=CC=CN1)C(=O)Nc1nccc2ccccc12. The number of anilines is 1. The first-order chi connectivity index (χ1) is 14.7. The first-order valence-electron chi connectivity index (χ1n) is 10.0. The number of morpholine rings is 1. The number of fused-ring (bicyclic) bond motifs is 1. The van der Waals surface area contributed by atoms with Crippen molar-refractivity contribution in [2.45, 2.75) is 6.92 Å². The van der Waals surface area contributed by atoms with Crippen molar-refractivity contribution in [1.29, 1.82) is 0 Å². The molecular formula is C23H25N5O2. The number of carbonyl (C=O) groups excluding carboxylic acids is 1. The van der Waals surface area contributed by atoms with E-state index in [9.17, 15) is 4.79 Å². The minimum absolute atomic E-state index is 0.269. The quantitative estimate of drug-likeness (QED) is 0.751. The van der Waals surface area contributed by atoms with Crippen LogP contribution in [0, 0.1) is 0 Å². The van der Waals surface area contributed by atoms with E-state index >= 15 is 0 Å². The number of pyridine rings is 1. The average molecular weight is 403 g/mol. The minimum Gasteiger partial charge on any atom is -0.379 e. The lowest BCUT2D eigenvalue weighted by molar-refractivity contribution is -0.110. The fourth-order valence-corrected chi connectivity index (χ4v) is 3.40. The van der Waals surface area contributed by atoms with Gasteiger partial charge in [-0.1, -0.05) is 30.3 Å². The van der Waals surface area contributed by atoms with Gasteiger partial charge in [0.15, 0.2) is 0 Å². The van der Waals surface area contributed by atoms with Crippen LogP contribution in [0.1, 0.15) is 6.92 Å². The zero-order chi connectivity index (χ0) is 20.8. The van der Waals surface area contributed by atoms with E-state index in [1.807, 2.05) is 54.8 Å². The summed E-state index contributed by atoms with van der Waals surface area (Å²) in [4.78, 5) is 24.2. The highest BCUT2D eigenvalue weighted by atomic mass is 16.5. The van der Waals surface area contributed by atoms with Gasteiger partial charge in [-0.3, -0.25) is 9.69 Å². The number of hydrogen-bond donors (Lipinski definition) is 2. The van der Waals surface area contributed by atoms with Crippen molar-refractivity contribution in [3.63, 3.8) is 0 Å². The molecular weight excluding hydrogens is 378 g/mol. The molecule has 0 spiro atoms. The van der Waals surface area contributed by atoms with Crippen LogP contribution in [-0.4, -0.2) is 54.4 Å². The van der Waals surface area contributed by atoms with Crippen molar-refractivity contribution >= 4 is 28.2 Å². The van der Waals surface area contributed by atoms with Gasteiger partial charge in [0.1, 0.15) is 11.5 Å².